The minimum atomic E-state index is -0.0211. The van der Waals surface area contributed by atoms with Gasteiger partial charge in [-0.25, -0.2) is 0 Å². The highest BCUT2D eigenvalue weighted by atomic mass is 79.9. The van der Waals surface area contributed by atoms with E-state index < -0.39 is 0 Å². The Bertz CT molecular complexity index is 479. The average molecular weight is 325 g/mol. The highest BCUT2D eigenvalue weighted by molar-refractivity contribution is 9.10. The summed E-state index contributed by atoms with van der Waals surface area (Å²) in [5, 5.41) is 6.92. The van der Waals surface area contributed by atoms with Crippen molar-refractivity contribution < 1.29 is 4.74 Å². The van der Waals surface area contributed by atoms with Gasteiger partial charge in [-0.15, -0.1) is 0 Å². The minimum Gasteiger partial charge on any atom is -0.486 e. The van der Waals surface area contributed by atoms with Gasteiger partial charge in [0.15, 0.2) is 0 Å². The van der Waals surface area contributed by atoms with Crippen LogP contribution in [0.15, 0.2) is 22.7 Å². The van der Waals surface area contributed by atoms with Crippen LogP contribution in [-0.4, -0.2) is 25.7 Å². The molecule has 104 valence electrons. The van der Waals surface area contributed by atoms with Crippen molar-refractivity contribution in [2.24, 2.45) is 5.92 Å². The Hall–Kier alpha value is -0.580. The molecule has 2 aliphatic rings. The van der Waals surface area contributed by atoms with Crippen molar-refractivity contribution in [1.29, 1.82) is 0 Å². The van der Waals surface area contributed by atoms with Gasteiger partial charge in [-0.1, -0.05) is 28.9 Å². The largest absolute Gasteiger partial charge is 0.486 e. The zero-order chi connectivity index (χ0) is 13.5. The van der Waals surface area contributed by atoms with Crippen molar-refractivity contribution in [3.8, 4) is 5.75 Å². The standard InChI is InChI=1S/C15H21BrN2O/c1-10-9-18-6-5-15(10)8-13(17-2)12-4-3-11(16)7-14(12)19-15/h3-4,7,10,13,17-18H,5-6,8-9H2,1-2H3. The first kappa shape index (κ1) is 13.4. The van der Waals surface area contributed by atoms with Gasteiger partial charge in [-0.05, 0) is 32.1 Å². The number of rotatable bonds is 1. The first-order valence-corrected chi connectivity index (χ1v) is 7.80. The number of hydrogen-bond acceptors (Lipinski definition) is 3. The van der Waals surface area contributed by atoms with Crippen molar-refractivity contribution >= 4 is 15.9 Å². The molecule has 0 radical (unpaired) electrons. The van der Waals surface area contributed by atoms with Crippen LogP contribution in [0.4, 0.5) is 0 Å². The molecule has 3 rings (SSSR count). The van der Waals surface area contributed by atoms with Crippen molar-refractivity contribution in [1.82, 2.24) is 10.6 Å². The summed E-state index contributed by atoms with van der Waals surface area (Å²) in [7, 11) is 2.04. The van der Waals surface area contributed by atoms with Crippen LogP contribution in [-0.2, 0) is 0 Å². The average Bonchev–Trinajstić information content (AvgIpc) is 2.41. The van der Waals surface area contributed by atoms with E-state index in [9.17, 15) is 0 Å². The van der Waals surface area contributed by atoms with Crippen LogP contribution in [0.1, 0.15) is 31.4 Å². The van der Waals surface area contributed by atoms with Crippen LogP contribution < -0.4 is 15.4 Å². The Morgan fingerprint density at radius 1 is 1.47 bits per heavy atom. The molecule has 0 saturated carbocycles. The van der Waals surface area contributed by atoms with Gasteiger partial charge in [0.25, 0.3) is 0 Å². The first-order valence-electron chi connectivity index (χ1n) is 7.01. The number of ether oxygens (including phenoxy) is 1. The van der Waals surface area contributed by atoms with Crippen LogP contribution in [0, 0.1) is 5.92 Å². The molecule has 1 aromatic rings. The molecule has 1 aromatic carbocycles. The summed E-state index contributed by atoms with van der Waals surface area (Å²) in [5.74, 6) is 1.57. The van der Waals surface area contributed by atoms with E-state index in [1.54, 1.807) is 0 Å². The summed E-state index contributed by atoms with van der Waals surface area (Å²) >= 11 is 3.55. The molecule has 2 N–H and O–H groups in total. The van der Waals surface area contributed by atoms with Crippen LogP contribution in [0.25, 0.3) is 0 Å². The molecule has 1 spiro atoms. The Balaban J connectivity index is 2.00. The van der Waals surface area contributed by atoms with Gasteiger partial charge in [-0.2, -0.15) is 0 Å². The summed E-state index contributed by atoms with van der Waals surface area (Å²) < 4.78 is 7.56. The molecule has 3 atom stereocenters. The molecule has 3 unspecified atom stereocenters. The summed E-state index contributed by atoms with van der Waals surface area (Å²) in [6, 6.07) is 6.75. The van der Waals surface area contributed by atoms with E-state index in [-0.39, 0.29) is 5.60 Å². The summed E-state index contributed by atoms with van der Waals surface area (Å²) in [5.41, 5.74) is 1.26. The van der Waals surface area contributed by atoms with Gasteiger partial charge >= 0.3 is 0 Å². The third-order valence-corrected chi connectivity index (χ3v) is 5.13. The smallest absolute Gasteiger partial charge is 0.126 e. The van der Waals surface area contributed by atoms with E-state index in [2.05, 4.69) is 51.7 Å². The number of nitrogens with one attached hydrogen (secondary N) is 2. The van der Waals surface area contributed by atoms with E-state index in [4.69, 9.17) is 4.74 Å². The Morgan fingerprint density at radius 3 is 3.05 bits per heavy atom. The van der Waals surface area contributed by atoms with Crippen LogP contribution >= 0.6 is 15.9 Å². The van der Waals surface area contributed by atoms with E-state index in [1.807, 2.05) is 7.05 Å². The van der Waals surface area contributed by atoms with Crippen LogP contribution in [0.5, 0.6) is 5.75 Å². The number of hydrogen-bond donors (Lipinski definition) is 2. The molecule has 0 bridgehead atoms. The first-order chi connectivity index (χ1) is 9.14. The lowest BCUT2D eigenvalue weighted by atomic mass is 9.75. The lowest BCUT2D eigenvalue weighted by molar-refractivity contribution is -0.0366. The highest BCUT2D eigenvalue weighted by Crippen LogP contribution is 2.45. The molecular weight excluding hydrogens is 304 g/mol. The third-order valence-electron chi connectivity index (χ3n) is 4.64. The maximum Gasteiger partial charge on any atom is 0.126 e. The molecule has 19 heavy (non-hydrogen) atoms. The summed E-state index contributed by atoms with van der Waals surface area (Å²) in [6.07, 6.45) is 2.14. The number of halogens is 1. The van der Waals surface area contributed by atoms with E-state index in [1.165, 1.54) is 5.56 Å². The van der Waals surface area contributed by atoms with Gasteiger partial charge in [0, 0.05) is 35.0 Å². The van der Waals surface area contributed by atoms with Gasteiger partial charge in [-0.3, -0.25) is 0 Å². The van der Waals surface area contributed by atoms with Crippen molar-refractivity contribution in [2.45, 2.75) is 31.4 Å². The molecule has 2 heterocycles. The second-order valence-corrected chi connectivity index (χ2v) is 6.67. The number of piperidine rings is 1. The van der Waals surface area contributed by atoms with Crippen molar-refractivity contribution in [3.05, 3.63) is 28.2 Å². The highest BCUT2D eigenvalue weighted by Gasteiger charge is 2.45. The Morgan fingerprint density at radius 2 is 2.32 bits per heavy atom. The summed E-state index contributed by atoms with van der Waals surface area (Å²) in [6.45, 7) is 4.38. The monoisotopic (exact) mass is 324 g/mol. The SMILES string of the molecule is CNC1CC2(CCNCC2C)Oc2cc(Br)ccc21. The quantitative estimate of drug-likeness (QED) is 0.833. The van der Waals surface area contributed by atoms with Gasteiger partial charge in [0.1, 0.15) is 11.4 Å². The zero-order valence-electron chi connectivity index (χ0n) is 11.5. The molecule has 1 fully saturated rings. The molecule has 2 aliphatic heterocycles. The predicted octanol–water partition coefficient (Wildman–Crippen LogP) is 2.86. The number of benzene rings is 1. The number of fused-ring (bicyclic) bond motifs is 1. The van der Waals surface area contributed by atoms with E-state index in [0.29, 0.717) is 12.0 Å². The van der Waals surface area contributed by atoms with Crippen molar-refractivity contribution in [2.75, 3.05) is 20.1 Å². The second-order valence-electron chi connectivity index (χ2n) is 5.75. The lowest BCUT2D eigenvalue weighted by Crippen LogP contribution is -2.56. The van der Waals surface area contributed by atoms with Gasteiger partial charge in [0.2, 0.25) is 0 Å². The topological polar surface area (TPSA) is 33.3 Å². The second kappa shape index (κ2) is 5.08. The lowest BCUT2D eigenvalue weighted by Gasteiger charge is -2.48. The fraction of sp³-hybridized carbons (Fsp3) is 0.600. The van der Waals surface area contributed by atoms with Crippen LogP contribution in [0.2, 0.25) is 0 Å². The fourth-order valence-electron chi connectivity index (χ4n) is 3.36. The Kier molecular flexibility index (Phi) is 3.58. The summed E-state index contributed by atoms with van der Waals surface area (Å²) in [4.78, 5) is 0. The molecule has 3 nitrogen and oxygen atoms in total. The molecule has 0 aliphatic carbocycles. The maximum atomic E-state index is 6.48. The maximum absolute atomic E-state index is 6.48. The van der Waals surface area contributed by atoms with Gasteiger partial charge < -0.3 is 15.4 Å². The van der Waals surface area contributed by atoms with Gasteiger partial charge in [0.05, 0.1) is 0 Å². The van der Waals surface area contributed by atoms with Crippen LogP contribution in [0.3, 0.4) is 0 Å². The molecule has 4 heteroatoms. The molecule has 1 saturated heterocycles. The Labute approximate surface area is 123 Å². The normalized spacial score (nSPS) is 33.8. The van der Waals surface area contributed by atoms with E-state index in [0.717, 1.165) is 36.2 Å². The fourth-order valence-corrected chi connectivity index (χ4v) is 3.70. The minimum absolute atomic E-state index is 0.0211. The molecule has 0 amide bonds. The molecule has 0 aromatic heterocycles. The predicted molar refractivity (Wildman–Crippen MR) is 80.6 cm³/mol. The van der Waals surface area contributed by atoms with Crippen molar-refractivity contribution in [3.63, 3.8) is 0 Å². The zero-order valence-corrected chi connectivity index (χ0v) is 13.1. The van der Waals surface area contributed by atoms with E-state index >= 15 is 0 Å². The third kappa shape index (κ3) is 2.30. The molecular formula is C15H21BrN2O.